The van der Waals surface area contributed by atoms with E-state index in [9.17, 15) is 9.90 Å². The number of hydrogen-bond acceptors (Lipinski definition) is 4. The van der Waals surface area contributed by atoms with E-state index in [1.54, 1.807) is 0 Å². The maximum atomic E-state index is 12.4. The minimum Gasteiger partial charge on any atom is -0.389 e. The van der Waals surface area contributed by atoms with Gasteiger partial charge in [0.05, 0.1) is 18.8 Å². The van der Waals surface area contributed by atoms with Crippen molar-refractivity contribution in [3.05, 3.63) is 35.9 Å². The Hall–Kier alpha value is -1.43. The molecule has 0 spiro atoms. The molecule has 1 atom stereocenters. The molecule has 1 N–H and O–H groups in total. The van der Waals surface area contributed by atoms with E-state index in [1.165, 1.54) is 19.3 Å². The van der Waals surface area contributed by atoms with Gasteiger partial charge in [-0.05, 0) is 25.0 Å². The fourth-order valence-electron chi connectivity index (χ4n) is 3.73. The maximum Gasteiger partial charge on any atom is 0.253 e. The molecule has 1 aromatic carbocycles. The zero-order valence-electron chi connectivity index (χ0n) is 15.0. The van der Waals surface area contributed by atoms with Crippen LogP contribution in [0.25, 0.3) is 0 Å². The average Bonchev–Trinajstić information content (AvgIpc) is 2.68. The predicted molar refractivity (Wildman–Crippen MR) is 97.6 cm³/mol. The summed E-state index contributed by atoms with van der Waals surface area (Å²) >= 11 is 0. The normalized spacial score (nSPS) is 21.2. The van der Waals surface area contributed by atoms with Crippen LogP contribution in [-0.4, -0.2) is 72.4 Å². The first-order valence-electron chi connectivity index (χ1n) is 9.59. The number of rotatable bonds is 6. The molecule has 5 nitrogen and oxygen atoms in total. The van der Waals surface area contributed by atoms with Gasteiger partial charge < -0.3 is 14.7 Å². The summed E-state index contributed by atoms with van der Waals surface area (Å²) in [6.07, 6.45) is 5.96. The number of carbonyl (C=O) groups is 1. The zero-order valence-corrected chi connectivity index (χ0v) is 15.0. The van der Waals surface area contributed by atoms with Crippen molar-refractivity contribution >= 4 is 5.91 Å². The molecule has 0 bridgehead atoms. The lowest BCUT2D eigenvalue weighted by molar-refractivity contribution is -0.0363. The monoisotopic (exact) mass is 346 g/mol. The molecule has 1 aromatic rings. The Morgan fingerprint density at radius 1 is 1.08 bits per heavy atom. The maximum absolute atomic E-state index is 12.4. The Kier molecular flexibility index (Phi) is 6.84. The summed E-state index contributed by atoms with van der Waals surface area (Å²) in [6.45, 7) is 4.08. The van der Waals surface area contributed by atoms with Gasteiger partial charge in [0.15, 0.2) is 0 Å². The van der Waals surface area contributed by atoms with Crippen LogP contribution >= 0.6 is 0 Å². The molecule has 0 aromatic heterocycles. The van der Waals surface area contributed by atoms with E-state index in [-0.39, 0.29) is 5.91 Å². The van der Waals surface area contributed by atoms with Crippen molar-refractivity contribution in [1.29, 1.82) is 0 Å². The second kappa shape index (κ2) is 9.32. The number of piperazine rings is 1. The standard InChI is InChI=1S/C20H30N2O3/c23-18(16-25-19-9-5-2-6-10-19)15-21-11-13-22(14-12-21)20(24)17-7-3-1-4-8-17/h1,3-4,7-8,18-19,23H,2,5-6,9-16H2/t18-/m1/s1. The van der Waals surface area contributed by atoms with Gasteiger partial charge in [-0.25, -0.2) is 0 Å². The van der Waals surface area contributed by atoms with Gasteiger partial charge in [-0.2, -0.15) is 0 Å². The molecule has 0 radical (unpaired) electrons. The molecule has 1 saturated heterocycles. The van der Waals surface area contributed by atoms with Gasteiger partial charge in [0.25, 0.3) is 5.91 Å². The number of aliphatic hydroxyl groups excluding tert-OH is 1. The smallest absolute Gasteiger partial charge is 0.253 e. The van der Waals surface area contributed by atoms with E-state index in [0.29, 0.717) is 32.3 Å². The number of benzene rings is 1. The largest absolute Gasteiger partial charge is 0.389 e. The van der Waals surface area contributed by atoms with Crippen LogP contribution in [0.2, 0.25) is 0 Å². The van der Waals surface area contributed by atoms with Crippen molar-refractivity contribution in [3.8, 4) is 0 Å². The molecule has 2 aliphatic rings. The Labute approximate surface area is 150 Å². The zero-order chi connectivity index (χ0) is 17.5. The third kappa shape index (κ3) is 5.53. The number of aliphatic hydroxyl groups is 1. The Bertz CT molecular complexity index is 523. The van der Waals surface area contributed by atoms with Gasteiger partial charge in [-0.3, -0.25) is 9.69 Å². The summed E-state index contributed by atoms with van der Waals surface area (Å²) in [5, 5.41) is 10.2. The van der Waals surface area contributed by atoms with E-state index in [1.807, 2.05) is 35.2 Å². The molecule has 1 saturated carbocycles. The number of amides is 1. The first kappa shape index (κ1) is 18.4. The van der Waals surface area contributed by atoms with Crippen LogP contribution in [0.15, 0.2) is 30.3 Å². The Morgan fingerprint density at radius 2 is 1.76 bits per heavy atom. The van der Waals surface area contributed by atoms with Gasteiger partial charge in [-0.1, -0.05) is 37.5 Å². The molecule has 25 heavy (non-hydrogen) atoms. The van der Waals surface area contributed by atoms with Crippen molar-refractivity contribution in [3.63, 3.8) is 0 Å². The van der Waals surface area contributed by atoms with Crippen LogP contribution in [-0.2, 0) is 4.74 Å². The number of ether oxygens (including phenoxy) is 1. The highest BCUT2D eigenvalue weighted by Gasteiger charge is 2.24. The second-order valence-corrected chi connectivity index (χ2v) is 7.21. The van der Waals surface area contributed by atoms with Crippen molar-refractivity contribution < 1.29 is 14.6 Å². The van der Waals surface area contributed by atoms with Crippen LogP contribution in [0, 0.1) is 0 Å². The van der Waals surface area contributed by atoms with E-state index in [4.69, 9.17) is 4.74 Å². The SMILES string of the molecule is O=C(c1ccccc1)N1CCN(C[C@@H](O)COC2CCCCC2)CC1. The predicted octanol–water partition coefficient (Wildman–Crippen LogP) is 2.15. The molecule has 138 valence electrons. The van der Waals surface area contributed by atoms with Gasteiger partial charge >= 0.3 is 0 Å². The number of carbonyl (C=O) groups excluding carboxylic acids is 1. The molecular weight excluding hydrogens is 316 g/mol. The van der Waals surface area contributed by atoms with E-state index in [0.717, 1.165) is 31.5 Å². The summed E-state index contributed by atoms with van der Waals surface area (Å²) < 4.78 is 5.86. The first-order chi connectivity index (χ1) is 12.2. The molecule has 5 heteroatoms. The number of β-amino-alcohol motifs (C(OH)–C–C–N with tert-alkyl or cyclic N) is 1. The third-order valence-corrected chi connectivity index (χ3v) is 5.23. The fourth-order valence-corrected chi connectivity index (χ4v) is 3.73. The highest BCUT2D eigenvalue weighted by molar-refractivity contribution is 5.94. The summed E-state index contributed by atoms with van der Waals surface area (Å²) in [4.78, 5) is 16.6. The quantitative estimate of drug-likeness (QED) is 0.858. The van der Waals surface area contributed by atoms with Crippen molar-refractivity contribution in [1.82, 2.24) is 9.80 Å². The lowest BCUT2D eigenvalue weighted by Gasteiger charge is -2.35. The Morgan fingerprint density at radius 3 is 2.44 bits per heavy atom. The summed E-state index contributed by atoms with van der Waals surface area (Å²) in [5.74, 6) is 0.0985. The van der Waals surface area contributed by atoms with Gasteiger partial charge in [-0.15, -0.1) is 0 Å². The van der Waals surface area contributed by atoms with Crippen molar-refractivity contribution in [2.75, 3.05) is 39.3 Å². The molecule has 3 rings (SSSR count). The third-order valence-electron chi connectivity index (χ3n) is 5.23. The second-order valence-electron chi connectivity index (χ2n) is 7.21. The Balaban J connectivity index is 1.36. The molecule has 2 fully saturated rings. The highest BCUT2D eigenvalue weighted by Crippen LogP contribution is 2.20. The van der Waals surface area contributed by atoms with E-state index in [2.05, 4.69) is 4.90 Å². The highest BCUT2D eigenvalue weighted by atomic mass is 16.5. The molecule has 1 heterocycles. The van der Waals surface area contributed by atoms with Crippen LogP contribution in [0.1, 0.15) is 42.5 Å². The van der Waals surface area contributed by atoms with Crippen LogP contribution in [0.3, 0.4) is 0 Å². The lowest BCUT2D eigenvalue weighted by atomic mass is 9.98. The summed E-state index contributed by atoms with van der Waals surface area (Å²) in [6, 6.07) is 9.44. The van der Waals surface area contributed by atoms with Gasteiger partial charge in [0, 0.05) is 38.3 Å². The molecule has 1 aliphatic carbocycles. The number of nitrogens with zero attached hydrogens (tertiary/aromatic N) is 2. The van der Waals surface area contributed by atoms with Crippen molar-refractivity contribution in [2.45, 2.75) is 44.3 Å². The van der Waals surface area contributed by atoms with Crippen LogP contribution in [0.5, 0.6) is 0 Å². The van der Waals surface area contributed by atoms with Crippen LogP contribution < -0.4 is 0 Å². The molecule has 0 unspecified atom stereocenters. The van der Waals surface area contributed by atoms with E-state index < -0.39 is 6.10 Å². The van der Waals surface area contributed by atoms with Gasteiger partial charge in [0.1, 0.15) is 0 Å². The van der Waals surface area contributed by atoms with Gasteiger partial charge in [0.2, 0.25) is 0 Å². The number of hydrogen-bond donors (Lipinski definition) is 1. The molecule has 1 amide bonds. The molecule has 1 aliphatic heterocycles. The van der Waals surface area contributed by atoms with Crippen molar-refractivity contribution in [2.24, 2.45) is 0 Å². The summed E-state index contributed by atoms with van der Waals surface area (Å²) in [7, 11) is 0. The first-order valence-corrected chi connectivity index (χ1v) is 9.59. The average molecular weight is 346 g/mol. The van der Waals surface area contributed by atoms with E-state index >= 15 is 0 Å². The minimum absolute atomic E-state index is 0.0985. The topological polar surface area (TPSA) is 53.0 Å². The lowest BCUT2D eigenvalue weighted by Crippen LogP contribution is -2.50. The van der Waals surface area contributed by atoms with Crippen LogP contribution in [0.4, 0.5) is 0 Å². The fraction of sp³-hybridized carbons (Fsp3) is 0.650. The summed E-state index contributed by atoms with van der Waals surface area (Å²) in [5.41, 5.74) is 0.747. The minimum atomic E-state index is -0.446. The molecular formula is C20H30N2O3.